The first-order valence-corrected chi connectivity index (χ1v) is 6.02. The van der Waals surface area contributed by atoms with Gasteiger partial charge in [-0.05, 0) is 6.92 Å². The molecule has 0 spiro atoms. The SMILES string of the molecule is CCOC(=O)C(C)C.O=C(O)CC(O)(CC(=O)O)C(=O)O. The van der Waals surface area contributed by atoms with Crippen LogP contribution in [0.3, 0.4) is 0 Å². The van der Waals surface area contributed by atoms with Crippen molar-refractivity contribution in [1.29, 1.82) is 0 Å². The van der Waals surface area contributed by atoms with Crippen LogP contribution in [-0.2, 0) is 23.9 Å². The number of esters is 1. The predicted molar refractivity (Wildman–Crippen MR) is 68.6 cm³/mol. The third-order valence-corrected chi connectivity index (χ3v) is 2.04. The zero-order valence-electron chi connectivity index (χ0n) is 12.0. The molecule has 0 aromatic carbocycles. The van der Waals surface area contributed by atoms with Gasteiger partial charge in [0.15, 0.2) is 5.60 Å². The Bertz CT molecular complexity index is 370. The van der Waals surface area contributed by atoms with Crippen molar-refractivity contribution in [2.75, 3.05) is 6.61 Å². The van der Waals surface area contributed by atoms with Gasteiger partial charge in [-0.2, -0.15) is 0 Å². The number of carboxylic acids is 3. The molecule has 9 nitrogen and oxygen atoms in total. The molecule has 4 N–H and O–H groups in total. The summed E-state index contributed by atoms with van der Waals surface area (Å²) in [4.78, 5) is 41.0. The fourth-order valence-electron chi connectivity index (χ4n) is 1.02. The maximum Gasteiger partial charge on any atom is 0.336 e. The predicted octanol–water partition coefficient (Wildman–Crippen LogP) is -0.0430. The van der Waals surface area contributed by atoms with Gasteiger partial charge in [0.1, 0.15) is 0 Å². The normalized spacial score (nSPS) is 10.3. The van der Waals surface area contributed by atoms with E-state index in [4.69, 9.17) is 20.4 Å². The minimum Gasteiger partial charge on any atom is -0.481 e. The molecule has 0 heterocycles. The first kappa shape index (κ1) is 21.1. The second kappa shape index (κ2) is 9.70. The van der Waals surface area contributed by atoms with Crippen LogP contribution in [0.25, 0.3) is 0 Å². The van der Waals surface area contributed by atoms with Gasteiger partial charge < -0.3 is 25.2 Å². The second-order valence-electron chi connectivity index (χ2n) is 4.38. The van der Waals surface area contributed by atoms with Crippen LogP contribution in [0.5, 0.6) is 0 Å². The number of carbonyl (C=O) groups excluding carboxylic acids is 1. The maximum atomic E-state index is 10.5. The number of ether oxygens (including phenoxy) is 1. The maximum absolute atomic E-state index is 10.5. The fourth-order valence-corrected chi connectivity index (χ4v) is 1.02. The molecule has 0 aliphatic rings. The van der Waals surface area contributed by atoms with Gasteiger partial charge in [0.2, 0.25) is 0 Å². The molecule has 0 aromatic heterocycles. The largest absolute Gasteiger partial charge is 0.481 e. The van der Waals surface area contributed by atoms with Crippen LogP contribution in [-0.4, -0.2) is 56.5 Å². The summed E-state index contributed by atoms with van der Waals surface area (Å²) in [6.07, 6.45) is -2.29. The van der Waals surface area contributed by atoms with Crippen LogP contribution >= 0.6 is 0 Å². The first-order valence-electron chi connectivity index (χ1n) is 6.02. The average Bonchev–Trinajstić information content (AvgIpc) is 2.27. The highest BCUT2D eigenvalue weighted by Gasteiger charge is 2.40. The Morgan fingerprint density at radius 2 is 1.38 bits per heavy atom. The van der Waals surface area contributed by atoms with Crippen molar-refractivity contribution in [3.8, 4) is 0 Å². The molecule has 0 aromatic rings. The Morgan fingerprint density at radius 3 is 1.52 bits per heavy atom. The van der Waals surface area contributed by atoms with Crippen molar-refractivity contribution in [2.24, 2.45) is 5.92 Å². The van der Waals surface area contributed by atoms with E-state index >= 15 is 0 Å². The van der Waals surface area contributed by atoms with E-state index in [2.05, 4.69) is 4.74 Å². The molecule has 0 radical (unpaired) electrons. The van der Waals surface area contributed by atoms with Gasteiger partial charge in [-0.1, -0.05) is 13.8 Å². The Morgan fingerprint density at radius 1 is 1.00 bits per heavy atom. The average molecular weight is 308 g/mol. The van der Waals surface area contributed by atoms with Crippen molar-refractivity contribution in [3.05, 3.63) is 0 Å². The zero-order valence-corrected chi connectivity index (χ0v) is 12.0. The number of aliphatic carboxylic acids is 3. The number of carbonyl (C=O) groups is 4. The molecule has 0 bridgehead atoms. The van der Waals surface area contributed by atoms with Crippen molar-refractivity contribution in [2.45, 2.75) is 39.2 Å². The van der Waals surface area contributed by atoms with E-state index in [1.165, 1.54) is 0 Å². The van der Waals surface area contributed by atoms with Gasteiger partial charge in [-0.25, -0.2) is 4.79 Å². The summed E-state index contributed by atoms with van der Waals surface area (Å²) in [7, 11) is 0. The number of rotatable bonds is 7. The van der Waals surface area contributed by atoms with E-state index in [0.717, 1.165) is 0 Å². The van der Waals surface area contributed by atoms with Crippen LogP contribution < -0.4 is 0 Å². The highest BCUT2D eigenvalue weighted by molar-refractivity contribution is 5.88. The number of carboxylic acid groups (broad SMARTS) is 3. The molecule has 21 heavy (non-hydrogen) atoms. The molecule has 0 rings (SSSR count). The summed E-state index contributed by atoms with van der Waals surface area (Å²) in [6, 6.07) is 0. The zero-order chi connectivity index (χ0) is 17.2. The Kier molecular flexibility index (Phi) is 9.76. The van der Waals surface area contributed by atoms with E-state index in [1.54, 1.807) is 6.92 Å². The topological polar surface area (TPSA) is 158 Å². The fraction of sp³-hybridized carbons (Fsp3) is 0.667. The van der Waals surface area contributed by atoms with Crippen LogP contribution in [0.15, 0.2) is 0 Å². The number of aliphatic hydroxyl groups is 1. The van der Waals surface area contributed by atoms with E-state index in [0.29, 0.717) is 6.61 Å². The molecule has 0 amide bonds. The summed E-state index contributed by atoms with van der Waals surface area (Å²) >= 11 is 0. The number of hydrogen-bond acceptors (Lipinski definition) is 6. The minimum atomic E-state index is -2.74. The van der Waals surface area contributed by atoms with Gasteiger partial charge in [0.25, 0.3) is 0 Å². The van der Waals surface area contributed by atoms with E-state index in [-0.39, 0.29) is 11.9 Å². The lowest BCUT2D eigenvalue weighted by molar-refractivity contribution is -0.170. The highest BCUT2D eigenvalue weighted by Crippen LogP contribution is 2.15. The van der Waals surface area contributed by atoms with E-state index in [1.807, 2.05) is 13.8 Å². The smallest absolute Gasteiger partial charge is 0.336 e. The Hall–Kier alpha value is -2.16. The molecule has 0 atom stereocenters. The van der Waals surface area contributed by atoms with Gasteiger partial charge >= 0.3 is 23.9 Å². The molecule has 9 heteroatoms. The second-order valence-corrected chi connectivity index (χ2v) is 4.38. The molecule has 0 aliphatic heterocycles. The standard InChI is InChI=1S/C6H8O7.C6H12O2/c7-3(8)1-6(13,5(11)12)2-4(9)10;1-4-8-6(7)5(2)3/h13H,1-2H2,(H,7,8)(H,9,10)(H,11,12);5H,4H2,1-3H3. The summed E-state index contributed by atoms with van der Waals surface area (Å²) in [5.74, 6) is -5.13. The van der Waals surface area contributed by atoms with Crippen molar-refractivity contribution >= 4 is 23.9 Å². The molecular weight excluding hydrogens is 288 g/mol. The first-order chi connectivity index (χ1) is 9.46. The monoisotopic (exact) mass is 308 g/mol. The van der Waals surface area contributed by atoms with Gasteiger partial charge in [-0.15, -0.1) is 0 Å². The Labute approximate surface area is 121 Å². The van der Waals surface area contributed by atoms with E-state index < -0.39 is 36.4 Å². The van der Waals surface area contributed by atoms with Crippen LogP contribution in [0.1, 0.15) is 33.6 Å². The molecule has 0 aliphatic carbocycles. The van der Waals surface area contributed by atoms with Gasteiger partial charge in [-0.3, -0.25) is 14.4 Å². The molecule has 0 saturated heterocycles. The van der Waals surface area contributed by atoms with Crippen LogP contribution in [0, 0.1) is 5.92 Å². The molecule has 0 unspecified atom stereocenters. The summed E-state index contributed by atoms with van der Waals surface area (Å²) < 4.78 is 4.66. The molecule has 0 fully saturated rings. The Balaban J connectivity index is 0. The lowest BCUT2D eigenvalue weighted by Gasteiger charge is -2.18. The third kappa shape index (κ3) is 10.3. The van der Waals surface area contributed by atoms with Crippen molar-refractivity contribution in [3.63, 3.8) is 0 Å². The lowest BCUT2D eigenvalue weighted by Crippen LogP contribution is -2.42. The molecule has 122 valence electrons. The number of hydrogen-bond donors (Lipinski definition) is 4. The lowest BCUT2D eigenvalue weighted by atomic mass is 9.96. The minimum absolute atomic E-state index is 0.00921. The van der Waals surface area contributed by atoms with Crippen molar-refractivity contribution in [1.82, 2.24) is 0 Å². The molecular formula is C12H20O9. The van der Waals surface area contributed by atoms with Crippen LogP contribution in [0.2, 0.25) is 0 Å². The van der Waals surface area contributed by atoms with Crippen molar-refractivity contribution < 1.29 is 44.3 Å². The van der Waals surface area contributed by atoms with Gasteiger partial charge in [0, 0.05) is 0 Å². The quantitative estimate of drug-likeness (QED) is 0.473. The van der Waals surface area contributed by atoms with E-state index in [9.17, 15) is 19.2 Å². The van der Waals surface area contributed by atoms with Gasteiger partial charge in [0.05, 0.1) is 25.4 Å². The summed E-state index contributed by atoms with van der Waals surface area (Å²) in [6.45, 7) is 5.92. The third-order valence-electron chi connectivity index (χ3n) is 2.04. The summed E-state index contributed by atoms with van der Waals surface area (Å²) in [5, 5.41) is 33.8. The summed E-state index contributed by atoms with van der Waals surface area (Å²) in [5.41, 5.74) is -2.74. The highest BCUT2D eigenvalue weighted by atomic mass is 16.5. The molecule has 0 saturated carbocycles. The van der Waals surface area contributed by atoms with Crippen LogP contribution in [0.4, 0.5) is 0 Å².